The quantitative estimate of drug-likeness (QED) is 0.793. The molecule has 2 rings (SSSR count). The number of methoxy groups -OCH3 is 1. The highest BCUT2D eigenvalue weighted by Gasteiger charge is 2.18. The molecule has 1 atom stereocenters. The number of nitrogens with zero attached hydrogens (tertiary/aromatic N) is 1. The average Bonchev–Trinajstić information content (AvgIpc) is 2.94. The van der Waals surface area contributed by atoms with Crippen LogP contribution in [0.4, 0.5) is 4.39 Å². The van der Waals surface area contributed by atoms with Gasteiger partial charge in [0.2, 0.25) is 0 Å². The van der Waals surface area contributed by atoms with Crippen molar-refractivity contribution in [2.24, 2.45) is 0 Å². The van der Waals surface area contributed by atoms with Gasteiger partial charge in [-0.3, -0.25) is 4.90 Å². The van der Waals surface area contributed by atoms with Crippen LogP contribution in [-0.2, 0) is 6.54 Å². The molecule has 1 unspecified atom stereocenters. The van der Waals surface area contributed by atoms with Crippen LogP contribution < -0.4 is 10.1 Å². The fourth-order valence-corrected chi connectivity index (χ4v) is 2.62. The minimum atomic E-state index is -0.258. The summed E-state index contributed by atoms with van der Waals surface area (Å²) in [6.07, 6.45) is 2.33. The fraction of sp³-hybridized carbons (Fsp3) is 0.600. The largest absolute Gasteiger partial charge is 0.497 e. The van der Waals surface area contributed by atoms with Gasteiger partial charge in [0.25, 0.3) is 0 Å². The maximum atomic E-state index is 14.0. The fourth-order valence-electron chi connectivity index (χ4n) is 2.62. The molecule has 2 N–H and O–H groups in total. The first-order valence-electron chi connectivity index (χ1n) is 7.12. The van der Waals surface area contributed by atoms with Crippen molar-refractivity contribution in [2.45, 2.75) is 25.4 Å². The van der Waals surface area contributed by atoms with Crippen LogP contribution in [0.5, 0.6) is 5.75 Å². The smallest absolute Gasteiger partial charge is 0.131 e. The Bertz CT molecular complexity index is 422. The Morgan fingerprint density at radius 3 is 2.95 bits per heavy atom. The van der Waals surface area contributed by atoms with Crippen molar-refractivity contribution < 1.29 is 14.2 Å². The van der Waals surface area contributed by atoms with Gasteiger partial charge in [0.05, 0.1) is 13.7 Å². The number of aliphatic hydroxyl groups is 1. The first-order valence-corrected chi connectivity index (χ1v) is 7.12. The molecule has 1 aromatic carbocycles. The summed E-state index contributed by atoms with van der Waals surface area (Å²) in [4.78, 5) is 2.09. The number of ether oxygens (including phenoxy) is 1. The normalized spacial score (nSPS) is 18.7. The Hall–Kier alpha value is -1.17. The van der Waals surface area contributed by atoms with Crippen LogP contribution in [0.2, 0.25) is 0 Å². The van der Waals surface area contributed by atoms with Crippen molar-refractivity contribution in [3.63, 3.8) is 0 Å². The second-order valence-electron chi connectivity index (χ2n) is 5.21. The molecule has 0 aliphatic carbocycles. The number of nitrogens with one attached hydrogen (secondary N) is 1. The van der Waals surface area contributed by atoms with Crippen LogP contribution in [0.15, 0.2) is 18.2 Å². The number of halogens is 1. The topological polar surface area (TPSA) is 44.7 Å². The van der Waals surface area contributed by atoms with E-state index in [0.717, 1.165) is 19.5 Å². The first kappa shape index (κ1) is 15.2. The maximum absolute atomic E-state index is 14.0. The van der Waals surface area contributed by atoms with E-state index in [1.54, 1.807) is 12.1 Å². The van der Waals surface area contributed by atoms with Gasteiger partial charge in [0.1, 0.15) is 11.6 Å². The molecule has 0 amide bonds. The van der Waals surface area contributed by atoms with Crippen molar-refractivity contribution in [1.82, 2.24) is 10.2 Å². The zero-order chi connectivity index (χ0) is 14.4. The van der Waals surface area contributed by atoms with E-state index in [0.29, 0.717) is 30.4 Å². The van der Waals surface area contributed by atoms with Crippen LogP contribution in [-0.4, -0.2) is 49.4 Å². The predicted octanol–water partition coefficient (Wildman–Crippen LogP) is 1.38. The lowest BCUT2D eigenvalue weighted by molar-refractivity contribution is 0.177. The van der Waals surface area contributed by atoms with Crippen molar-refractivity contribution in [3.05, 3.63) is 29.6 Å². The zero-order valence-corrected chi connectivity index (χ0v) is 11.9. The lowest BCUT2D eigenvalue weighted by atomic mass is 10.1. The number of aliphatic hydroxyl groups excluding tert-OH is 1. The molecule has 1 saturated heterocycles. The SMILES string of the molecule is COc1ccc(CN(CCO)CC2CCCN2)c(F)c1. The Morgan fingerprint density at radius 1 is 1.50 bits per heavy atom. The van der Waals surface area contributed by atoms with Gasteiger partial charge in [0, 0.05) is 37.3 Å². The molecular weight excluding hydrogens is 259 g/mol. The van der Waals surface area contributed by atoms with E-state index in [-0.39, 0.29) is 12.4 Å². The van der Waals surface area contributed by atoms with E-state index in [1.807, 2.05) is 0 Å². The number of hydrogen-bond donors (Lipinski definition) is 2. The van der Waals surface area contributed by atoms with Gasteiger partial charge in [0.15, 0.2) is 0 Å². The highest BCUT2D eigenvalue weighted by Crippen LogP contribution is 2.18. The molecule has 1 fully saturated rings. The van der Waals surface area contributed by atoms with Gasteiger partial charge in [-0.05, 0) is 25.5 Å². The number of benzene rings is 1. The van der Waals surface area contributed by atoms with E-state index in [2.05, 4.69) is 10.2 Å². The molecule has 4 nitrogen and oxygen atoms in total. The Labute approximate surface area is 119 Å². The summed E-state index contributed by atoms with van der Waals surface area (Å²) in [7, 11) is 1.53. The van der Waals surface area contributed by atoms with Gasteiger partial charge in [-0.25, -0.2) is 4.39 Å². The van der Waals surface area contributed by atoms with E-state index in [1.165, 1.54) is 19.6 Å². The predicted molar refractivity (Wildman–Crippen MR) is 76.3 cm³/mol. The summed E-state index contributed by atoms with van der Waals surface area (Å²) in [6, 6.07) is 5.37. The third-order valence-electron chi connectivity index (χ3n) is 3.71. The van der Waals surface area contributed by atoms with E-state index in [4.69, 9.17) is 9.84 Å². The third kappa shape index (κ3) is 4.16. The summed E-state index contributed by atoms with van der Waals surface area (Å²) in [5.74, 6) is 0.268. The molecule has 1 aromatic rings. The number of hydrogen-bond acceptors (Lipinski definition) is 4. The third-order valence-corrected chi connectivity index (χ3v) is 3.71. The minimum absolute atomic E-state index is 0.0878. The van der Waals surface area contributed by atoms with E-state index >= 15 is 0 Å². The maximum Gasteiger partial charge on any atom is 0.131 e. The van der Waals surface area contributed by atoms with Gasteiger partial charge >= 0.3 is 0 Å². The highest BCUT2D eigenvalue weighted by atomic mass is 19.1. The summed E-state index contributed by atoms with van der Waals surface area (Å²) in [6.45, 7) is 3.04. The van der Waals surface area contributed by atoms with E-state index in [9.17, 15) is 4.39 Å². The second-order valence-corrected chi connectivity index (χ2v) is 5.21. The summed E-state index contributed by atoms with van der Waals surface area (Å²) in [5, 5.41) is 12.6. The lowest BCUT2D eigenvalue weighted by Crippen LogP contribution is -2.38. The Kier molecular flexibility index (Phi) is 5.76. The summed E-state index contributed by atoms with van der Waals surface area (Å²) in [5.41, 5.74) is 0.636. The van der Waals surface area contributed by atoms with Crippen LogP contribution in [0, 0.1) is 5.82 Å². The van der Waals surface area contributed by atoms with Crippen molar-refractivity contribution in [1.29, 1.82) is 0 Å². The van der Waals surface area contributed by atoms with Crippen molar-refractivity contribution in [3.8, 4) is 5.75 Å². The molecule has 1 aliphatic rings. The standard InChI is InChI=1S/C15H23FN2O2/c1-20-14-5-4-12(15(16)9-14)10-18(7-8-19)11-13-3-2-6-17-13/h4-5,9,13,17,19H,2-3,6-8,10-11H2,1H3. The monoisotopic (exact) mass is 282 g/mol. The van der Waals surface area contributed by atoms with Gasteiger partial charge in [-0.15, -0.1) is 0 Å². The van der Waals surface area contributed by atoms with E-state index < -0.39 is 0 Å². The molecule has 20 heavy (non-hydrogen) atoms. The van der Waals surface area contributed by atoms with Crippen molar-refractivity contribution in [2.75, 3.05) is 33.4 Å². The lowest BCUT2D eigenvalue weighted by Gasteiger charge is -2.25. The molecular formula is C15H23FN2O2. The summed E-state index contributed by atoms with van der Waals surface area (Å²) < 4.78 is 19.0. The molecule has 0 aromatic heterocycles. The molecule has 0 radical (unpaired) electrons. The van der Waals surface area contributed by atoms with Crippen LogP contribution in [0.3, 0.4) is 0 Å². The molecule has 1 aliphatic heterocycles. The summed E-state index contributed by atoms with van der Waals surface area (Å²) >= 11 is 0. The van der Waals surface area contributed by atoms with Crippen LogP contribution >= 0.6 is 0 Å². The Balaban J connectivity index is 1.99. The number of rotatable bonds is 7. The molecule has 0 bridgehead atoms. The molecule has 0 saturated carbocycles. The molecule has 1 heterocycles. The van der Waals surface area contributed by atoms with Gasteiger partial charge in [-0.2, -0.15) is 0 Å². The van der Waals surface area contributed by atoms with Gasteiger partial charge in [-0.1, -0.05) is 6.07 Å². The van der Waals surface area contributed by atoms with Gasteiger partial charge < -0.3 is 15.2 Å². The second kappa shape index (κ2) is 7.57. The first-order chi connectivity index (χ1) is 9.72. The molecule has 0 spiro atoms. The van der Waals surface area contributed by atoms with Crippen LogP contribution in [0.1, 0.15) is 18.4 Å². The molecule has 5 heteroatoms. The highest BCUT2D eigenvalue weighted by molar-refractivity contribution is 5.28. The Morgan fingerprint density at radius 2 is 2.35 bits per heavy atom. The van der Waals surface area contributed by atoms with Crippen LogP contribution in [0.25, 0.3) is 0 Å². The van der Waals surface area contributed by atoms with Crippen molar-refractivity contribution >= 4 is 0 Å². The average molecular weight is 282 g/mol. The zero-order valence-electron chi connectivity index (χ0n) is 11.9. The molecule has 112 valence electrons. The minimum Gasteiger partial charge on any atom is -0.497 e.